The van der Waals surface area contributed by atoms with Gasteiger partial charge in [0.25, 0.3) is 0 Å². The summed E-state index contributed by atoms with van der Waals surface area (Å²) < 4.78 is 21.9. The largest absolute Gasteiger partial charge is 0.493 e. The summed E-state index contributed by atoms with van der Waals surface area (Å²) in [4.78, 5) is 12.6. The zero-order valence-electron chi connectivity index (χ0n) is 16.3. The number of nitrogens with zero attached hydrogens (tertiary/aromatic N) is 3. The molecule has 0 bridgehead atoms. The van der Waals surface area contributed by atoms with Crippen molar-refractivity contribution < 1.29 is 13.9 Å². The number of benzene rings is 2. The van der Waals surface area contributed by atoms with Crippen LogP contribution in [0.25, 0.3) is 11.4 Å². The minimum Gasteiger partial charge on any atom is -0.493 e. The minimum absolute atomic E-state index is 0.0571. The molecule has 30 heavy (non-hydrogen) atoms. The van der Waals surface area contributed by atoms with Gasteiger partial charge in [-0.1, -0.05) is 42.1 Å². The highest BCUT2D eigenvalue weighted by atomic mass is 32.2. The van der Waals surface area contributed by atoms with Crippen molar-refractivity contribution >= 4 is 17.7 Å². The zero-order chi connectivity index (χ0) is 20.5. The maximum Gasteiger partial charge on any atom is 0.230 e. The molecule has 8 heteroatoms. The fourth-order valence-corrected chi connectivity index (χ4v) is 4.54. The average molecular weight is 425 g/mol. The molecule has 1 N–H and O–H groups in total. The first-order chi connectivity index (χ1) is 14.7. The highest BCUT2D eigenvalue weighted by Crippen LogP contribution is 2.41. The normalized spacial score (nSPS) is 17.8. The van der Waals surface area contributed by atoms with Crippen molar-refractivity contribution in [1.82, 2.24) is 20.1 Å². The van der Waals surface area contributed by atoms with E-state index in [1.54, 1.807) is 18.2 Å². The number of fused-ring (bicyclic) bond motifs is 1. The number of halogens is 1. The van der Waals surface area contributed by atoms with Gasteiger partial charge in [-0.05, 0) is 31.0 Å². The van der Waals surface area contributed by atoms with Gasteiger partial charge in [0.15, 0.2) is 11.0 Å². The Bertz CT molecular complexity index is 1080. The van der Waals surface area contributed by atoms with E-state index < -0.39 is 0 Å². The van der Waals surface area contributed by atoms with Crippen molar-refractivity contribution in [2.75, 3.05) is 12.4 Å². The number of ether oxygens (including phenoxy) is 1. The van der Waals surface area contributed by atoms with Crippen LogP contribution in [0.5, 0.6) is 5.75 Å². The third kappa shape index (κ3) is 3.79. The van der Waals surface area contributed by atoms with Gasteiger partial charge in [-0.25, -0.2) is 4.39 Å². The highest BCUT2D eigenvalue weighted by molar-refractivity contribution is 7.99. The lowest BCUT2D eigenvalue weighted by Crippen LogP contribution is -2.33. The second-order valence-corrected chi connectivity index (χ2v) is 8.41. The Morgan fingerprint density at radius 1 is 1.13 bits per heavy atom. The molecular weight excluding hydrogens is 403 g/mol. The van der Waals surface area contributed by atoms with Crippen LogP contribution in [0.3, 0.4) is 0 Å². The summed E-state index contributed by atoms with van der Waals surface area (Å²) in [5, 5.41) is 12.2. The number of amides is 1. The van der Waals surface area contributed by atoms with Crippen LogP contribution in [-0.4, -0.2) is 33.0 Å². The molecule has 3 aromatic rings. The molecule has 6 nitrogen and oxygen atoms in total. The monoisotopic (exact) mass is 424 g/mol. The Balaban J connectivity index is 1.29. The Morgan fingerprint density at radius 3 is 2.77 bits per heavy atom. The average Bonchev–Trinajstić information content (AvgIpc) is 3.52. The maximum absolute atomic E-state index is 14.3. The molecule has 1 aromatic heterocycles. The first kappa shape index (κ1) is 19.1. The van der Waals surface area contributed by atoms with Crippen LogP contribution in [0.4, 0.5) is 4.39 Å². The zero-order valence-corrected chi connectivity index (χ0v) is 17.1. The van der Waals surface area contributed by atoms with Gasteiger partial charge in [0.2, 0.25) is 5.91 Å². The van der Waals surface area contributed by atoms with E-state index in [1.807, 2.05) is 28.8 Å². The molecule has 0 unspecified atom stereocenters. The lowest BCUT2D eigenvalue weighted by Gasteiger charge is -2.26. The van der Waals surface area contributed by atoms with Gasteiger partial charge in [0.05, 0.1) is 24.0 Å². The van der Waals surface area contributed by atoms with E-state index in [-0.39, 0.29) is 29.6 Å². The molecule has 0 spiro atoms. The standard InChI is InChI=1S/C22H21FN4O2S/c23-17-7-3-1-5-15(17)21-25-26-22(27(21)14-9-10-14)30-13-20(28)24-18-11-12-29-19-8-4-2-6-16(18)19/h1-8,14,18H,9-13H2,(H,24,28)/t18-/m0/s1. The van der Waals surface area contributed by atoms with Crippen LogP contribution in [0.15, 0.2) is 53.7 Å². The number of carbonyl (C=O) groups excluding carboxylic acids is 1. The Hall–Kier alpha value is -2.87. The summed E-state index contributed by atoms with van der Waals surface area (Å²) in [5.74, 6) is 1.18. The molecule has 1 aliphatic heterocycles. The number of carbonyl (C=O) groups is 1. The van der Waals surface area contributed by atoms with Crippen molar-refractivity contribution in [3.63, 3.8) is 0 Å². The third-order valence-corrected chi connectivity index (χ3v) is 6.26. The summed E-state index contributed by atoms with van der Waals surface area (Å²) in [6.07, 6.45) is 2.76. The molecule has 1 fully saturated rings. The van der Waals surface area contributed by atoms with E-state index in [1.165, 1.54) is 17.8 Å². The second kappa shape index (κ2) is 8.10. The molecule has 2 aliphatic rings. The van der Waals surface area contributed by atoms with E-state index in [2.05, 4.69) is 15.5 Å². The number of thioether (sulfide) groups is 1. The maximum atomic E-state index is 14.3. The summed E-state index contributed by atoms with van der Waals surface area (Å²) in [6.45, 7) is 0.580. The topological polar surface area (TPSA) is 69.0 Å². The predicted molar refractivity (Wildman–Crippen MR) is 112 cm³/mol. The van der Waals surface area contributed by atoms with E-state index in [9.17, 15) is 9.18 Å². The van der Waals surface area contributed by atoms with Gasteiger partial charge in [-0.2, -0.15) is 0 Å². The molecule has 2 heterocycles. The Kier molecular flexibility index (Phi) is 5.16. The fourth-order valence-electron chi connectivity index (χ4n) is 3.72. The van der Waals surface area contributed by atoms with Crippen molar-refractivity contribution in [2.24, 2.45) is 0 Å². The van der Waals surface area contributed by atoms with Crippen molar-refractivity contribution in [1.29, 1.82) is 0 Å². The molecule has 1 atom stereocenters. The highest BCUT2D eigenvalue weighted by Gasteiger charge is 2.31. The molecule has 2 aromatic carbocycles. The number of nitrogens with one attached hydrogen (secondary N) is 1. The van der Waals surface area contributed by atoms with Crippen molar-refractivity contribution in [3.8, 4) is 17.1 Å². The van der Waals surface area contributed by atoms with Gasteiger partial charge in [-0.15, -0.1) is 10.2 Å². The van der Waals surface area contributed by atoms with Crippen LogP contribution in [0, 0.1) is 5.82 Å². The molecule has 1 aliphatic carbocycles. The molecule has 1 saturated carbocycles. The molecule has 1 amide bonds. The van der Waals surface area contributed by atoms with Crippen LogP contribution in [0.1, 0.15) is 36.9 Å². The number of rotatable bonds is 6. The van der Waals surface area contributed by atoms with Crippen molar-refractivity contribution in [2.45, 2.75) is 36.5 Å². The van der Waals surface area contributed by atoms with E-state index >= 15 is 0 Å². The third-order valence-electron chi connectivity index (χ3n) is 5.32. The molecular formula is C22H21FN4O2S. The minimum atomic E-state index is -0.320. The van der Waals surface area contributed by atoms with Gasteiger partial charge in [-0.3, -0.25) is 9.36 Å². The summed E-state index contributed by atoms with van der Waals surface area (Å²) in [5.41, 5.74) is 1.44. The van der Waals surface area contributed by atoms with Crippen molar-refractivity contribution in [3.05, 3.63) is 59.9 Å². The first-order valence-corrected chi connectivity index (χ1v) is 11.0. The van der Waals surface area contributed by atoms with Gasteiger partial charge in [0.1, 0.15) is 11.6 Å². The number of aromatic nitrogens is 3. The molecule has 0 saturated heterocycles. The SMILES string of the molecule is O=C(CSc1nnc(-c2ccccc2F)n1C1CC1)N[C@H]1CCOc2ccccc21. The summed E-state index contributed by atoms with van der Waals surface area (Å²) in [6, 6.07) is 14.6. The lowest BCUT2D eigenvalue weighted by molar-refractivity contribution is -0.119. The van der Waals surface area contributed by atoms with Crippen LogP contribution < -0.4 is 10.1 Å². The van der Waals surface area contributed by atoms with Crippen LogP contribution in [0.2, 0.25) is 0 Å². The van der Waals surface area contributed by atoms with Gasteiger partial charge < -0.3 is 10.1 Å². The van der Waals surface area contributed by atoms with Gasteiger partial charge in [0, 0.05) is 18.0 Å². The molecule has 5 rings (SSSR count). The first-order valence-electron chi connectivity index (χ1n) is 10.0. The number of hydrogen-bond acceptors (Lipinski definition) is 5. The number of para-hydroxylation sites is 1. The smallest absolute Gasteiger partial charge is 0.230 e. The Labute approximate surface area is 177 Å². The van der Waals surface area contributed by atoms with E-state index in [4.69, 9.17) is 4.74 Å². The molecule has 0 radical (unpaired) electrons. The fraction of sp³-hybridized carbons (Fsp3) is 0.318. The quantitative estimate of drug-likeness (QED) is 0.602. The predicted octanol–water partition coefficient (Wildman–Crippen LogP) is 4.15. The van der Waals surface area contributed by atoms with Crippen LogP contribution in [-0.2, 0) is 4.79 Å². The second-order valence-electron chi connectivity index (χ2n) is 7.47. The molecule has 154 valence electrons. The number of hydrogen-bond donors (Lipinski definition) is 1. The Morgan fingerprint density at radius 2 is 1.93 bits per heavy atom. The van der Waals surface area contributed by atoms with Gasteiger partial charge >= 0.3 is 0 Å². The lowest BCUT2D eigenvalue weighted by atomic mass is 10.0. The summed E-state index contributed by atoms with van der Waals surface area (Å²) >= 11 is 1.34. The summed E-state index contributed by atoms with van der Waals surface area (Å²) in [7, 11) is 0. The van der Waals surface area contributed by atoms with E-state index in [0.717, 1.165) is 30.6 Å². The van der Waals surface area contributed by atoms with E-state index in [0.29, 0.717) is 23.2 Å². The van der Waals surface area contributed by atoms with Crippen LogP contribution >= 0.6 is 11.8 Å².